The molecule has 0 aliphatic heterocycles. The third-order valence-electron chi connectivity index (χ3n) is 2.64. The Hall–Kier alpha value is -2.22. The summed E-state index contributed by atoms with van der Waals surface area (Å²) in [4.78, 5) is 19.0. The Kier molecular flexibility index (Phi) is 5.44. The lowest BCUT2D eigenvalue weighted by Crippen LogP contribution is -2.20. The van der Waals surface area contributed by atoms with Crippen molar-refractivity contribution in [3.8, 4) is 12.0 Å². The zero-order valence-corrected chi connectivity index (χ0v) is 12.7. The van der Waals surface area contributed by atoms with Gasteiger partial charge in [-0.25, -0.2) is 4.98 Å². The summed E-state index contributed by atoms with van der Waals surface area (Å²) in [5, 5.41) is 3.15. The Morgan fingerprint density at radius 3 is 2.81 bits per heavy atom. The number of ether oxygens (including phenoxy) is 1. The van der Waals surface area contributed by atoms with E-state index in [0.717, 1.165) is 19.5 Å². The summed E-state index contributed by atoms with van der Waals surface area (Å²) in [7, 11) is 3.98. The number of nitrogens with zero attached hydrogens (tertiary/aromatic N) is 6. The number of anilines is 1. The highest BCUT2D eigenvalue weighted by atomic mass is 16.5. The van der Waals surface area contributed by atoms with Gasteiger partial charge in [-0.1, -0.05) is 6.92 Å². The van der Waals surface area contributed by atoms with Gasteiger partial charge < -0.3 is 15.0 Å². The van der Waals surface area contributed by atoms with Crippen molar-refractivity contribution in [1.82, 2.24) is 29.4 Å². The molecule has 2 heterocycles. The first-order chi connectivity index (χ1) is 10.2. The van der Waals surface area contributed by atoms with E-state index in [4.69, 9.17) is 4.74 Å². The normalized spacial score (nSPS) is 10.9. The smallest absolute Gasteiger partial charge is 0.323 e. The lowest BCUT2D eigenvalue weighted by Gasteiger charge is -2.11. The molecule has 21 heavy (non-hydrogen) atoms. The summed E-state index contributed by atoms with van der Waals surface area (Å²) in [5.41, 5.74) is 0. The van der Waals surface area contributed by atoms with Crippen molar-refractivity contribution in [3.63, 3.8) is 0 Å². The van der Waals surface area contributed by atoms with Gasteiger partial charge in [-0.3, -0.25) is 4.57 Å². The Morgan fingerprint density at radius 1 is 1.29 bits per heavy atom. The molecule has 0 radical (unpaired) electrons. The fraction of sp³-hybridized carbons (Fsp3) is 0.538. The van der Waals surface area contributed by atoms with Gasteiger partial charge in [-0.15, -0.1) is 0 Å². The van der Waals surface area contributed by atoms with Crippen molar-refractivity contribution >= 4 is 5.95 Å². The molecular weight excluding hydrogens is 270 g/mol. The standard InChI is InChI=1S/C13H21N7O/c1-4-5-15-11-16-12(20-7-6-14-10-20)18-13(17-11)21-9-8-19(2)3/h6-7,10H,4-5,8-9H2,1-3H3,(H,15,16,17,18). The largest absolute Gasteiger partial charge is 0.462 e. The molecule has 0 aromatic carbocycles. The fourth-order valence-electron chi connectivity index (χ4n) is 1.54. The molecule has 1 N–H and O–H groups in total. The van der Waals surface area contributed by atoms with Crippen LogP contribution in [0.1, 0.15) is 13.3 Å². The lowest BCUT2D eigenvalue weighted by atomic mass is 10.5. The maximum absolute atomic E-state index is 5.60. The minimum Gasteiger partial charge on any atom is -0.462 e. The van der Waals surface area contributed by atoms with Gasteiger partial charge >= 0.3 is 6.01 Å². The van der Waals surface area contributed by atoms with E-state index in [1.807, 2.05) is 19.0 Å². The Balaban J connectivity index is 2.16. The average Bonchev–Trinajstić information content (AvgIpc) is 2.99. The number of aromatic nitrogens is 5. The number of imidazole rings is 1. The zero-order chi connectivity index (χ0) is 15.1. The SMILES string of the molecule is CCCNc1nc(OCCN(C)C)nc(-n2ccnc2)n1. The van der Waals surface area contributed by atoms with Gasteiger partial charge in [0.1, 0.15) is 12.9 Å². The molecule has 0 atom stereocenters. The molecule has 0 unspecified atom stereocenters. The molecule has 0 spiro atoms. The number of rotatable bonds is 8. The second kappa shape index (κ2) is 7.53. The molecule has 0 aliphatic rings. The van der Waals surface area contributed by atoms with Crippen LogP contribution < -0.4 is 10.1 Å². The Bertz CT molecular complexity index is 541. The molecule has 0 bridgehead atoms. The highest BCUT2D eigenvalue weighted by molar-refractivity contribution is 5.30. The second-order valence-electron chi connectivity index (χ2n) is 4.79. The van der Waals surface area contributed by atoms with E-state index < -0.39 is 0 Å². The average molecular weight is 291 g/mol. The van der Waals surface area contributed by atoms with Crippen LogP contribution in [0.2, 0.25) is 0 Å². The van der Waals surface area contributed by atoms with Gasteiger partial charge in [-0.2, -0.15) is 15.0 Å². The number of nitrogens with one attached hydrogen (secondary N) is 1. The first-order valence-corrected chi connectivity index (χ1v) is 6.95. The maximum Gasteiger partial charge on any atom is 0.323 e. The van der Waals surface area contributed by atoms with E-state index in [0.29, 0.717) is 24.5 Å². The predicted octanol–water partition coefficient (Wildman–Crippen LogP) is 0.820. The molecule has 0 amide bonds. The van der Waals surface area contributed by atoms with Crippen LogP contribution >= 0.6 is 0 Å². The molecule has 8 heteroatoms. The summed E-state index contributed by atoms with van der Waals surface area (Å²) < 4.78 is 7.32. The molecule has 114 valence electrons. The van der Waals surface area contributed by atoms with Gasteiger partial charge in [0.05, 0.1) is 0 Å². The van der Waals surface area contributed by atoms with Crippen LogP contribution in [0.25, 0.3) is 5.95 Å². The number of likely N-dealkylation sites (N-methyl/N-ethyl adjacent to an activating group) is 1. The van der Waals surface area contributed by atoms with Crippen molar-refractivity contribution in [2.75, 3.05) is 39.1 Å². The van der Waals surface area contributed by atoms with E-state index in [1.54, 1.807) is 23.3 Å². The molecule has 0 aliphatic carbocycles. The highest BCUT2D eigenvalue weighted by Gasteiger charge is 2.09. The summed E-state index contributed by atoms with van der Waals surface area (Å²) in [6.45, 7) is 4.20. The molecule has 0 fully saturated rings. The van der Waals surface area contributed by atoms with Crippen LogP contribution in [0.3, 0.4) is 0 Å². The monoisotopic (exact) mass is 291 g/mol. The van der Waals surface area contributed by atoms with Gasteiger partial charge in [0.25, 0.3) is 0 Å². The first-order valence-electron chi connectivity index (χ1n) is 6.95. The maximum atomic E-state index is 5.60. The molecule has 2 aromatic rings. The lowest BCUT2D eigenvalue weighted by molar-refractivity contribution is 0.245. The van der Waals surface area contributed by atoms with E-state index in [9.17, 15) is 0 Å². The highest BCUT2D eigenvalue weighted by Crippen LogP contribution is 2.11. The van der Waals surface area contributed by atoms with Crippen molar-refractivity contribution in [2.45, 2.75) is 13.3 Å². The van der Waals surface area contributed by atoms with Crippen molar-refractivity contribution < 1.29 is 4.74 Å². The minimum absolute atomic E-state index is 0.314. The quantitative estimate of drug-likeness (QED) is 0.771. The summed E-state index contributed by atoms with van der Waals surface area (Å²) in [6.07, 6.45) is 6.09. The molecule has 8 nitrogen and oxygen atoms in total. The van der Waals surface area contributed by atoms with Crippen LogP contribution in [0, 0.1) is 0 Å². The molecular formula is C13H21N7O. The van der Waals surface area contributed by atoms with Crippen molar-refractivity contribution in [2.24, 2.45) is 0 Å². The van der Waals surface area contributed by atoms with Gasteiger partial charge in [0, 0.05) is 25.5 Å². The second-order valence-corrected chi connectivity index (χ2v) is 4.79. The molecule has 0 saturated heterocycles. The molecule has 2 rings (SSSR count). The number of hydrogen-bond donors (Lipinski definition) is 1. The molecule has 2 aromatic heterocycles. The van der Waals surface area contributed by atoms with Crippen LogP contribution in [-0.4, -0.2) is 63.2 Å². The van der Waals surface area contributed by atoms with Gasteiger partial charge in [0.2, 0.25) is 11.9 Å². The summed E-state index contributed by atoms with van der Waals surface area (Å²) >= 11 is 0. The van der Waals surface area contributed by atoms with Crippen LogP contribution in [0.4, 0.5) is 5.95 Å². The van der Waals surface area contributed by atoms with Gasteiger partial charge in [-0.05, 0) is 20.5 Å². The Morgan fingerprint density at radius 2 is 2.14 bits per heavy atom. The molecule has 0 saturated carbocycles. The van der Waals surface area contributed by atoms with E-state index in [1.165, 1.54) is 0 Å². The van der Waals surface area contributed by atoms with E-state index in [2.05, 4.69) is 32.2 Å². The topological polar surface area (TPSA) is 81.0 Å². The first kappa shape index (κ1) is 15.2. The van der Waals surface area contributed by atoms with Crippen molar-refractivity contribution in [3.05, 3.63) is 18.7 Å². The third kappa shape index (κ3) is 4.67. The third-order valence-corrected chi connectivity index (χ3v) is 2.64. The predicted molar refractivity (Wildman–Crippen MR) is 79.8 cm³/mol. The number of hydrogen-bond acceptors (Lipinski definition) is 7. The minimum atomic E-state index is 0.314. The summed E-state index contributed by atoms with van der Waals surface area (Å²) in [6, 6.07) is 0.314. The van der Waals surface area contributed by atoms with E-state index >= 15 is 0 Å². The zero-order valence-electron chi connectivity index (χ0n) is 12.7. The Labute approximate surface area is 124 Å². The fourth-order valence-corrected chi connectivity index (χ4v) is 1.54. The van der Waals surface area contributed by atoms with Crippen LogP contribution in [0.5, 0.6) is 6.01 Å². The van der Waals surface area contributed by atoms with Crippen LogP contribution in [-0.2, 0) is 0 Å². The van der Waals surface area contributed by atoms with Crippen molar-refractivity contribution in [1.29, 1.82) is 0 Å². The summed E-state index contributed by atoms with van der Waals surface area (Å²) in [5.74, 6) is 0.997. The van der Waals surface area contributed by atoms with E-state index in [-0.39, 0.29) is 0 Å². The van der Waals surface area contributed by atoms with Crippen LogP contribution in [0.15, 0.2) is 18.7 Å². The van der Waals surface area contributed by atoms with Gasteiger partial charge in [0.15, 0.2) is 0 Å².